The number of hydrazone groups is 1. The van der Waals surface area contributed by atoms with Gasteiger partial charge in [-0.1, -0.05) is 54.6 Å². The molecule has 6 nitrogen and oxygen atoms in total. The van der Waals surface area contributed by atoms with E-state index in [0.717, 1.165) is 45.4 Å². The van der Waals surface area contributed by atoms with E-state index in [1.807, 2.05) is 30.3 Å². The van der Waals surface area contributed by atoms with Crippen molar-refractivity contribution in [2.24, 2.45) is 22.9 Å². The number of fused-ring (bicyclic) bond motifs is 2. The fourth-order valence-corrected chi connectivity index (χ4v) is 7.66. The van der Waals surface area contributed by atoms with Gasteiger partial charge in [-0.2, -0.15) is 5.10 Å². The third-order valence-corrected chi connectivity index (χ3v) is 9.54. The highest BCUT2D eigenvalue weighted by Gasteiger charge is 2.43. The maximum absolute atomic E-state index is 13.0. The Hall–Kier alpha value is -2.45. The Morgan fingerprint density at radius 3 is 2.76 bits per heavy atom. The zero-order valence-corrected chi connectivity index (χ0v) is 21.0. The number of hydrogen-bond donors (Lipinski definition) is 0. The number of aromatic nitrogens is 3. The van der Waals surface area contributed by atoms with Crippen LogP contribution < -0.4 is 0 Å². The van der Waals surface area contributed by atoms with Gasteiger partial charge in [0.05, 0.1) is 22.9 Å². The molecular weight excluding hydrogens is 462 g/mol. The van der Waals surface area contributed by atoms with E-state index >= 15 is 0 Å². The van der Waals surface area contributed by atoms with Crippen LogP contribution >= 0.6 is 23.1 Å². The molecule has 1 aliphatic heterocycles. The lowest BCUT2D eigenvalue weighted by atomic mass is 9.84. The Bertz CT molecular complexity index is 1190. The summed E-state index contributed by atoms with van der Waals surface area (Å²) in [5, 5.41) is 18.3. The van der Waals surface area contributed by atoms with Crippen LogP contribution in [0.3, 0.4) is 0 Å². The summed E-state index contributed by atoms with van der Waals surface area (Å²) in [6.07, 6.45) is 6.23. The molecule has 8 heteroatoms. The molecule has 1 amide bonds. The van der Waals surface area contributed by atoms with Crippen LogP contribution in [0, 0.1) is 17.8 Å². The van der Waals surface area contributed by atoms with Crippen molar-refractivity contribution in [3.05, 3.63) is 53.4 Å². The third kappa shape index (κ3) is 4.11. The molecule has 2 fully saturated rings. The number of nitrogens with zero attached hydrogens (tertiary/aromatic N) is 5. The summed E-state index contributed by atoms with van der Waals surface area (Å²) in [6, 6.07) is 14.6. The first-order chi connectivity index (χ1) is 16.7. The number of carbonyl (C=O) groups excluding carboxylic acids is 1. The van der Waals surface area contributed by atoms with E-state index in [4.69, 9.17) is 0 Å². The molecule has 0 N–H and O–H groups in total. The van der Waals surface area contributed by atoms with Crippen molar-refractivity contribution in [2.75, 3.05) is 12.3 Å². The summed E-state index contributed by atoms with van der Waals surface area (Å²) in [6.45, 7) is 2.97. The Kier molecular flexibility index (Phi) is 6.03. The second-order valence-electron chi connectivity index (χ2n) is 9.70. The minimum absolute atomic E-state index is 0.0238. The monoisotopic (exact) mass is 491 g/mol. The molecule has 3 aromatic rings. The molecule has 0 radical (unpaired) electrons. The Labute approximate surface area is 208 Å². The van der Waals surface area contributed by atoms with Crippen molar-refractivity contribution in [1.82, 2.24) is 19.8 Å². The number of thiophene rings is 1. The SMILES string of the molecule is CC(C1CC2CCC1C2)n1c(SCC(=O)N2CCC(c3ccccc3)=N2)nnc1-c1cccs1. The second kappa shape index (κ2) is 9.30. The molecule has 3 aliphatic rings. The zero-order chi connectivity index (χ0) is 23.1. The first-order valence-electron chi connectivity index (χ1n) is 12.2. The van der Waals surface area contributed by atoms with Gasteiger partial charge in [0, 0.05) is 12.5 Å². The number of rotatable bonds is 7. The van der Waals surface area contributed by atoms with Gasteiger partial charge < -0.3 is 0 Å². The van der Waals surface area contributed by atoms with Crippen molar-refractivity contribution in [3.63, 3.8) is 0 Å². The summed E-state index contributed by atoms with van der Waals surface area (Å²) in [5.41, 5.74) is 2.07. The Morgan fingerprint density at radius 1 is 1.15 bits per heavy atom. The number of benzene rings is 1. The van der Waals surface area contributed by atoms with E-state index in [9.17, 15) is 4.79 Å². The lowest BCUT2D eigenvalue weighted by Crippen LogP contribution is -2.26. The average Bonchev–Trinajstić information content (AvgIpc) is 3.70. The van der Waals surface area contributed by atoms with Gasteiger partial charge in [0.1, 0.15) is 0 Å². The van der Waals surface area contributed by atoms with Crippen molar-refractivity contribution in [2.45, 2.75) is 50.2 Å². The number of hydrogen-bond acceptors (Lipinski definition) is 6. The first-order valence-corrected chi connectivity index (χ1v) is 14.1. The summed E-state index contributed by atoms with van der Waals surface area (Å²) >= 11 is 3.19. The molecule has 2 aliphatic carbocycles. The van der Waals surface area contributed by atoms with Crippen LogP contribution in [0.2, 0.25) is 0 Å². The number of amides is 1. The minimum atomic E-state index is 0.0238. The zero-order valence-electron chi connectivity index (χ0n) is 19.3. The van der Waals surface area contributed by atoms with E-state index in [1.54, 1.807) is 16.3 Å². The van der Waals surface area contributed by atoms with Gasteiger partial charge in [0.15, 0.2) is 11.0 Å². The molecule has 2 saturated carbocycles. The van der Waals surface area contributed by atoms with E-state index < -0.39 is 0 Å². The van der Waals surface area contributed by atoms with Gasteiger partial charge in [-0.05, 0) is 60.9 Å². The van der Waals surface area contributed by atoms with Gasteiger partial charge in [-0.3, -0.25) is 9.36 Å². The first kappa shape index (κ1) is 22.0. The highest BCUT2D eigenvalue weighted by atomic mass is 32.2. The van der Waals surface area contributed by atoms with Gasteiger partial charge in [0.2, 0.25) is 0 Å². The van der Waals surface area contributed by atoms with Crippen LogP contribution in [0.1, 0.15) is 50.6 Å². The fraction of sp³-hybridized carbons (Fsp3) is 0.462. The molecule has 4 atom stereocenters. The van der Waals surface area contributed by atoms with E-state index in [2.05, 4.69) is 44.3 Å². The van der Waals surface area contributed by atoms with E-state index in [0.29, 0.717) is 24.3 Å². The molecule has 1 aromatic carbocycles. The lowest BCUT2D eigenvalue weighted by Gasteiger charge is -2.30. The highest BCUT2D eigenvalue weighted by Crippen LogP contribution is 2.53. The molecule has 4 unspecified atom stereocenters. The Balaban J connectivity index is 1.20. The average molecular weight is 492 g/mol. The van der Waals surface area contributed by atoms with E-state index in [-0.39, 0.29) is 5.91 Å². The lowest BCUT2D eigenvalue weighted by molar-refractivity contribution is -0.127. The standard InChI is InChI=1S/C26H29N5OS2/c1-17(21-15-18-9-10-20(21)14-18)31-25(23-8-5-13-33-23)27-28-26(31)34-16-24(32)30-12-11-22(29-30)19-6-3-2-4-7-19/h2-8,13,17-18,20-21H,9-12,14-16H2,1H3. The van der Waals surface area contributed by atoms with Gasteiger partial charge in [-0.25, -0.2) is 5.01 Å². The van der Waals surface area contributed by atoms with Crippen molar-refractivity contribution in [3.8, 4) is 10.7 Å². The summed E-state index contributed by atoms with van der Waals surface area (Å²) in [7, 11) is 0. The highest BCUT2D eigenvalue weighted by molar-refractivity contribution is 7.99. The topological polar surface area (TPSA) is 63.4 Å². The van der Waals surface area contributed by atoms with Crippen LogP contribution in [0.15, 0.2) is 58.1 Å². The largest absolute Gasteiger partial charge is 0.298 e. The molecule has 6 rings (SSSR count). The number of thioether (sulfide) groups is 1. The predicted octanol–water partition coefficient (Wildman–Crippen LogP) is 5.73. The van der Waals surface area contributed by atoms with E-state index in [1.165, 1.54) is 37.4 Å². The van der Waals surface area contributed by atoms with Crippen LogP contribution in [0.4, 0.5) is 0 Å². The number of carbonyl (C=O) groups is 1. The quantitative estimate of drug-likeness (QED) is 0.396. The molecule has 0 saturated heterocycles. The molecule has 176 valence electrons. The van der Waals surface area contributed by atoms with Gasteiger partial charge in [0.25, 0.3) is 5.91 Å². The maximum Gasteiger partial charge on any atom is 0.253 e. The van der Waals surface area contributed by atoms with Crippen molar-refractivity contribution >= 4 is 34.7 Å². The normalized spacial score (nSPS) is 24.6. The van der Waals surface area contributed by atoms with Crippen LogP contribution in [-0.4, -0.2) is 43.7 Å². The van der Waals surface area contributed by atoms with Crippen LogP contribution in [-0.2, 0) is 4.79 Å². The summed E-state index contributed by atoms with van der Waals surface area (Å²) < 4.78 is 2.32. The van der Waals surface area contributed by atoms with Crippen molar-refractivity contribution in [1.29, 1.82) is 0 Å². The molecule has 2 aromatic heterocycles. The predicted molar refractivity (Wildman–Crippen MR) is 137 cm³/mol. The molecule has 3 heterocycles. The smallest absolute Gasteiger partial charge is 0.253 e. The summed E-state index contributed by atoms with van der Waals surface area (Å²) in [5.74, 6) is 3.65. The third-order valence-electron chi connectivity index (χ3n) is 7.75. The second-order valence-corrected chi connectivity index (χ2v) is 11.6. The Morgan fingerprint density at radius 2 is 2.03 bits per heavy atom. The molecule has 2 bridgehead atoms. The summed E-state index contributed by atoms with van der Waals surface area (Å²) in [4.78, 5) is 14.2. The molecule has 34 heavy (non-hydrogen) atoms. The van der Waals surface area contributed by atoms with Crippen molar-refractivity contribution < 1.29 is 4.79 Å². The maximum atomic E-state index is 13.0. The molecule has 0 spiro atoms. The van der Waals surface area contributed by atoms with Gasteiger partial charge >= 0.3 is 0 Å². The van der Waals surface area contributed by atoms with Crippen LogP contribution in [0.5, 0.6) is 0 Å². The van der Waals surface area contributed by atoms with Crippen LogP contribution in [0.25, 0.3) is 10.7 Å². The fourth-order valence-electron chi connectivity index (χ4n) is 6.06. The molecular formula is C26H29N5OS2. The van der Waals surface area contributed by atoms with Gasteiger partial charge in [-0.15, -0.1) is 21.5 Å². The minimum Gasteiger partial charge on any atom is -0.298 e.